The maximum absolute atomic E-state index is 14.8. The van der Waals surface area contributed by atoms with Crippen LogP contribution in [0.15, 0.2) is 42.3 Å². The normalized spacial score (nSPS) is 23.4. The van der Waals surface area contributed by atoms with E-state index in [0.717, 1.165) is 30.8 Å². The molecule has 1 aromatic carbocycles. The first-order valence-corrected chi connectivity index (χ1v) is 21.4. The Kier molecular flexibility index (Phi) is 11.9. The Morgan fingerprint density at radius 1 is 1.00 bits per heavy atom. The van der Waals surface area contributed by atoms with Crippen molar-refractivity contribution in [2.75, 3.05) is 19.0 Å². The number of fused-ring (bicyclic) bond motifs is 1. The lowest BCUT2D eigenvalue weighted by molar-refractivity contribution is -0.143. The molecule has 3 aromatic rings. The van der Waals surface area contributed by atoms with Crippen LogP contribution >= 0.6 is 11.3 Å². The van der Waals surface area contributed by atoms with Crippen molar-refractivity contribution in [2.45, 2.75) is 122 Å². The Balaban J connectivity index is 1.20. The molecule has 3 saturated carbocycles. The van der Waals surface area contributed by atoms with E-state index in [1.807, 2.05) is 46.1 Å². The summed E-state index contributed by atoms with van der Waals surface area (Å²) in [6, 6.07) is 5.27. The molecule has 5 unspecified atom stereocenters. The first-order valence-electron chi connectivity index (χ1n) is 20.5. The highest BCUT2D eigenvalue weighted by Crippen LogP contribution is 2.45. The van der Waals surface area contributed by atoms with Gasteiger partial charge in [0.05, 0.1) is 24.9 Å². The van der Waals surface area contributed by atoms with E-state index < -0.39 is 58.9 Å². The SMILES string of the molecule is C=CC1CC1(NC(=O)C1CC(Oc2cc(-c3csc(NC(C)C)n3)nc3cc(OC)ccc23)CN1C(=O)C(NC(=O)OC1CCCC1)C(C)(C)C)C(=O)NC(=O)C1CC1. The van der Waals surface area contributed by atoms with Crippen LogP contribution in [-0.2, 0) is 23.9 Å². The zero-order chi connectivity index (χ0) is 42.2. The largest absolute Gasteiger partial charge is 0.497 e. The molecule has 3 heterocycles. The highest BCUT2D eigenvalue weighted by Gasteiger charge is 2.61. The van der Waals surface area contributed by atoms with Crippen molar-refractivity contribution in [2.24, 2.45) is 17.3 Å². The predicted octanol–water partition coefficient (Wildman–Crippen LogP) is 5.73. The number of pyridine rings is 1. The Labute approximate surface area is 348 Å². The molecular formula is C43H55N7O8S. The van der Waals surface area contributed by atoms with Gasteiger partial charge in [0.2, 0.25) is 17.7 Å². The number of likely N-dealkylation sites (tertiary alicyclic amines) is 1. The van der Waals surface area contributed by atoms with Crippen LogP contribution in [0, 0.1) is 17.3 Å². The smallest absolute Gasteiger partial charge is 0.408 e. The summed E-state index contributed by atoms with van der Waals surface area (Å²) in [5, 5.41) is 14.9. The van der Waals surface area contributed by atoms with Gasteiger partial charge in [-0.15, -0.1) is 17.9 Å². The van der Waals surface area contributed by atoms with Crippen molar-refractivity contribution in [1.82, 2.24) is 30.8 Å². The fraction of sp³-hybridized carbons (Fsp3) is 0.558. The minimum atomic E-state index is -1.39. The summed E-state index contributed by atoms with van der Waals surface area (Å²) < 4.78 is 18.0. The third kappa shape index (κ3) is 9.32. The molecule has 4 N–H and O–H groups in total. The van der Waals surface area contributed by atoms with E-state index in [1.165, 1.54) is 16.2 Å². The van der Waals surface area contributed by atoms with E-state index in [-0.39, 0.29) is 43.4 Å². The van der Waals surface area contributed by atoms with Gasteiger partial charge in [-0.05, 0) is 76.3 Å². The molecule has 0 bridgehead atoms. The summed E-state index contributed by atoms with van der Waals surface area (Å²) in [4.78, 5) is 79.9. The number of nitrogens with zero attached hydrogens (tertiary/aromatic N) is 3. The second-order valence-corrected chi connectivity index (χ2v) is 18.4. The minimum absolute atomic E-state index is 0.0123. The minimum Gasteiger partial charge on any atom is -0.497 e. The first-order chi connectivity index (χ1) is 28.1. The number of ether oxygens (including phenoxy) is 3. The number of carbonyl (C=O) groups is 5. The summed E-state index contributed by atoms with van der Waals surface area (Å²) in [6.07, 6.45) is 5.17. The van der Waals surface area contributed by atoms with Crippen molar-refractivity contribution in [3.8, 4) is 22.9 Å². The van der Waals surface area contributed by atoms with Crippen LogP contribution in [0.2, 0.25) is 0 Å². The molecule has 4 fully saturated rings. The molecular weight excluding hydrogens is 775 g/mol. The molecule has 1 saturated heterocycles. The number of anilines is 1. The van der Waals surface area contributed by atoms with Gasteiger partial charge < -0.3 is 35.1 Å². The van der Waals surface area contributed by atoms with Gasteiger partial charge in [-0.25, -0.2) is 14.8 Å². The Bertz CT molecular complexity index is 2120. The lowest BCUT2D eigenvalue weighted by Crippen LogP contribution is -2.60. The molecule has 5 atom stereocenters. The topological polar surface area (TPSA) is 190 Å². The number of imide groups is 1. The number of benzene rings is 1. The molecule has 7 rings (SSSR count). The average Bonchev–Trinajstić information content (AvgIpc) is 3.97. The third-order valence-electron chi connectivity index (χ3n) is 11.5. The van der Waals surface area contributed by atoms with Gasteiger partial charge in [-0.1, -0.05) is 26.8 Å². The Morgan fingerprint density at radius 3 is 2.39 bits per heavy atom. The molecule has 316 valence electrons. The monoisotopic (exact) mass is 829 g/mol. The van der Waals surface area contributed by atoms with Crippen LogP contribution < -0.4 is 30.7 Å². The number of rotatable bonds is 14. The number of alkyl carbamates (subject to hydrolysis) is 1. The van der Waals surface area contributed by atoms with Crippen LogP contribution in [0.4, 0.5) is 9.93 Å². The third-order valence-corrected chi connectivity index (χ3v) is 12.3. The number of thiazole rings is 1. The van der Waals surface area contributed by atoms with Crippen LogP contribution in [0.25, 0.3) is 22.3 Å². The fourth-order valence-corrected chi connectivity index (χ4v) is 8.77. The van der Waals surface area contributed by atoms with Gasteiger partial charge in [0.25, 0.3) is 5.91 Å². The summed E-state index contributed by atoms with van der Waals surface area (Å²) >= 11 is 1.46. The van der Waals surface area contributed by atoms with Gasteiger partial charge in [-0.2, -0.15) is 0 Å². The number of nitrogens with one attached hydrogen (secondary N) is 4. The summed E-state index contributed by atoms with van der Waals surface area (Å²) in [5.74, 6) is -1.59. The van der Waals surface area contributed by atoms with Gasteiger partial charge in [0.1, 0.15) is 47.0 Å². The Morgan fingerprint density at radius 2 is 1.75 bits per heavy atom. The molecule has 1 aliphatic heterocycles. The molecule has 5 amide bonds. The molecule has 4 aliphatic rings. The van der Waals surface area contributed by atoms with Crippen molar-refractivity contribution in [3.05, 3.63) is 42.3 Å². The van der Waals surface area contributed by atoms with E-state index in [4.69, 9.17) is 24.2 Å². The molecule has 59 heavy (non-hydrogen) atoms. The van der Waals surface area contributed by atoms with Gasteiger partial charge in [0.15, 0.2) is 5.13 Å². The Hall–Kier alpha value is -5.25. The zero-order valence-corrected chi connectivity index (χ0v) is 35.4. The van der Waals surface area contributed by atoms with Gasteiger partial charge in [0, 0.05) is 47.2 Å². The van der Waals surface area contributed by atoms with Crippen molar-refractivity contribution >= 4 is 57.1 Å². The maximum Gasteiger partial charge on any atom is 0.408 e. The number of carbonyl (C=O) groups excluding carboxylic acids is 5. The van der Waals surface area contributed by atoms with Crippen LogP contribution in [0.1, 0.15) is 86.0 Å². The molecule has 2 aromatic heterocycles. The highest BCUT2D eigenvalue weighted by atomic mass is 32.1. The molecule has 15 nitrogen and oxygen atoms in total. The number of hydrogen-bond donors (Lipinski definition) is 4. The second kappa shape index (κ2) is 16.8. The van der Waals surface area contributed by atoms with Crippen molar-refractivity contribution < 1.29 is 38.2 Å². The quantitative estimate of drug-likeness (QED) is 0.115. The van der Waals surface area contributed by atoms with Crippen molar-refractivity contribution in [3.63, 3.8) is 0 Å². The standard InChI is InChI=1S/C43H55N7O8S/c1-8-25-20-43(25,39(54)48-36(51)24-13-14-24)49-37(52)33-18-28(21-50(33)38(53)35(42(4,5)6)47-41(55)58-26-11-9-10-12-26)57-34-19-31(32-22-59-40(46-32)44-23(2)3)45-30-17-27(56-7)15-16-29(30)34/h8,15-17,19,22-26,28,33,35H,1,9-14,18,20-21H2,2-7H3,(H,44,46)(H,47,55)(H,49,52)(H,48,51,54). The van der Waals surface area contributed by atoms with E-state index in [9.17, 15) is 24.0 Å². The maximum atomic E-state index is 14.8. The van der Waals surface area contributed by atoms with Gasteiger partial charge >= 0.3 is 6.09 Å². The molecule has 0 spiro atoms. The zero-order valence-electron chi connectivity index (χ0n) is 34.6. The van der Waals surface area contributed by atoms with Crippen molar-refractivity contribution in [1.29, 1.82) is 0 Å². The summed E-state index contributed by atoms with van der Waals surface area (Å²) in [6.45, 7) is 13.4. The predicted molar refractivity (Wildman–Crippen MR) is 223 cm³/mol. The number of methoxy groups -OCH3 is 1. The number of aromatic nitrogens is 2. The van der Waals surface area contributed by atoms with E-state index in [0.29, 0.717) is 46.6 Å². The van der Waals surface area contributed by atoms with E-state index in [2.05, 4.69) is 27.8 Å². The summed E-state index contributed by atoms with van der Waals surface area (Å²) in [7, 11) is 1.58. The number of hydrogen-bond acceptors (Lipinski definition) is 12. The second-order valence-electron chi connectivity index (χ2n) is 17.6. The molecule has 3 aliphatic carbocycles. The molecule has 16 heteroatoms. The van der Waals surface area contributed by atoms with E-state index >= 15 is 0 Å². The average molecular weight is 830 g/mol. The lowest BCUT2D eigenvalue weighted by Gasteiger charge is -2.35. The number of amides is 5. The van der Waals surface area contributed by atoms with Crippen LogP contribution in [0.3, 0.4) is 0 Å². The first kappa shape index (κ1) is 41.9. The van der Waals surface area contributed by atoms with Crippen LogP contribution in [0.5, 0.6) is 11.5 Å². The highest BCUT2D eigenvalue weighted by molar-refractivity contribution is 7.14. The summed E-state index contributed by atoms with van der Waals surface area (Å²) in [5.41, 5.74) is -0.381. The van der Waals surface area contributed by atoms with Crippen LogP contribution in [-0.4, -0.2) is 94.1 Å². The van der Waals surface area contributed by atoms with Gasteiger partial charge in [-0.3, -0.25) is 24.5 Å². The lowest BCUT2D eigenvalue weighted by atomic mass is 9.85. The van der Waals surface area contributed by atoms with E-state index in [1.54, 1.807) is 31.4 Å². The molecule has 0 radical (unpaired) electrons. The fourth-order valence-electron chi connectivity index (χ4n) is 7.92.